The molecule has 3 aromatic rings. The lowest BCUT2D eigenvalue weighted by Crippen LogP contribution is -2.49. The number of carbonyl (C=O) groups excluding carboxylic acids is 2. The van der Waals surface area contributed by atoms with Gasteiger partial charge in [0.15, 0.2) is 5.69 Å². The standard InChI is InChI=1S/C22H26N6O2/c1-3-7-19(29)24-17-10-6-13-27(14-17)22(30)20-15(2)28(26-25-20)18-11-4-8-16-9-5-12-23-21(16)18/h4-5,8-9,11-12,17H,3,6-7,10,13-14H2,1-2H3,(H,24,29). The number of pyridine rings is 1. The van der Waals surface area contributed by atoms with Crippen molar-refractivity contribution in [1.82, 2.24) is 30.2 Å². The van der Waals surface area contributed by atoms with E-state index < -0.39 is 0 Å². The minimum atomic E-state index is -0.151. The molecule has 0 saturated carbocycles. The second-order valence-corrected chi connectivity index (χ2v) is 7.70. The summed E-state index contributed by atoms with van der Waals surface area (Å²) in [5.74, 6) is -0.108. The maximum absolute atomic E-state index is 13.2. The number of benzene rings is 1. The molecule has 2 amide bonds. The highest BCUT2D eigenvalue weighted by atomic mass is 16.2. The first-order valence-electron chi connectivity index (χ1n) is 10.4. The van der Waals surface area contributed by atoms with Gasteiger partial charge in [-0.1, -0.05) is 30.3 Å². The SMILES string of the molecule is CCCC(=O)NC1CCCN(C(=O)c2nnn(-c3cccc4cccnc34)c2C)C1. The van der Waals surface area contributed by atoms with Gasteiger partial charge in [0.25, 0.3) is 5.91 Å². The van der Waals surface area contributed by atoms with Gasteiger partial charge < -0.3 is 10.2 Å². The fourth-order valence-corrected chi connectivity index (χ4v) is 3.97. The van der Waals surface area contributed by atoms with E-state index in [0.29, 0.717) is 30.9 Å². The highest BCUT2D eigenvalue weighted by Crippen LogP contribution is 2.22. The Morgan fingerprint density at radius 3 is 2.90 bits per heavy atom. The lowest BCUT2D eigenvalue weighted by atomic mass is 10.0. The van der Waals surface area contributed by atoms with Crippen LogP contribution in [0, 0.1) is 6.92 Å². The van der Waals surface area contributed by atoms with Gasteiger partial charge in [0.1, 0.15) is 0 Å². The fraction of sp³-hybridized carbons (Fsp3) is 0.409. The van der Waals surface area contributed by atoms with Crippen molar-refractivity contribution in [2.45, 2.75) is 45.6 Å². The Kier molecular flexibility index (Phi) is 5.74. The number of para-hydroxylation sites is 1. The van der Waals surface area contributed by atoms with Crippen molar-refractivity contribution >= 4 is 22.7 Å². The van der Waals surface area contributed by atoms with Crippen LogP contribution in [0.4, 0.5) is 0 Å². The Bertz CT molecular complexity index is 1070. The molecular formula is C22H26N6O2. The van der Waals surface area contributed by atoms with E-state index in [4.69, 9.17) is 0 Å². The molecule has 1 saturated heterocycles. The first kappa shape index (κ1) is 20.0. The quantitative estimate of drug-likeness (QED) is 0.703. The Balaban J connectivity index is 1.56. The van der Waals surface area contributed by atoms with Gasteiger partial charge in [0.05, 0.1) is 16.9 Å². The molecule has 1 unspecified atom stereocenters. The largest absolute Gasteiger partial charge is 0.352 e. The van der Waals surface area contributed by atoms with E-state index in [-0.39, 0.29) is 17.9 Å². The first-order valence-corrected chi connectivity index (χ1v) is 10.4. The van der Waals surface area contributed by atoms with E-state index in [2.05, 4.69) is 20.6 Å². The van der Waals surface area contributed by atoms with Crippen molar-refractivity contribution in [2.24, 2.45) is 0 Å². The second kappa shape index (κ2) is 8.61. The van der Waals surface area contributed by atoms with Crippen LogP contribution in [0.25, 0.3) is 16.6 Å². The van der Waals surface area contributed by atoms with Crippen LogP contribution in [-0.2, 0) is 4.79 Å². The number of likely N-dealkylation sites (tertiary alicyclic amines) is 1. The zero-order chi connectivity index (χ0) is 21.1. The lowest BCUT2D eigenvalue weighted by Gasteiger charge is -2.32. The lowest BCUT2D eigenvalue weighted by molar-refractivity contribution is -0.122. The molecule has 0 aliphatic carbocycles. The normalized spacial score (nSPS) is 16.6. The summed E-state index contributed by atoms with van der Waals surface area (Å²) in [6, 6.07) is 9.72. The molecule has 1 aromatic carbocycles. The van der Waals surface area contributed by atoms with Crippen LogP contribution < -0.4 is 5.32 Å². The van der Waals surface area contributed by atoms with E-state index in [0.717, 1.165) is 35.9 Å². The topological polar surface area (TPSA) is 93.0 Å². The molecule has 1 atom stereocenters. The van der Waals surface area contributed by atoms with Crippen LogP contribution >= 0.6 is 0 Å². The molecule has 1 aliphatic rings. The predicted octanol–water partition coefficient (Wildman–Crippen LogP) is 2.64. The number of carbonyl (C=O) groups is 2. The second-order valence-electron chi connectivity index (χ2n) is 7.70. The molecule has 1 fully saturated rings. The van der Waals surface area contributed by atoms with Crippen molar-refractivity contribution in [1.29, 1.82) is 0 Å². The minimum absolute atomic E-state index is 0.0145. The molecule has 1 aliphatic heterocycles. The summed E-state index contributed by atoms with van der Waals surface area (Å²) in [6.45, 7) is 4.98. The van der Waals surface area contributed by atoms with Gasteiger partial charge in [-0.15, -0.1) is 5.10 Å². The fourth-order valence-electron chi connectivity index (χ4n) is 3.97. The summed E-state index contributed by atoms with van der Waals surface area (Å²) in [6.07, 6.45) is 4.80. The third-order valence-corrected chi connectivity index (χ3v) is 5.49. The van der Waals surface area contributed by atoms with Crippen molar-refractivity contribution in [3.8, 4) is 5.69 Å². The highest BCUT2D eigenvalue weighted by Gasteiger charge is 2.29. The van der Waals surface area contributed by atoms with Crippen LogP contribution in [-0.4, -0.2) is 55.8 Å². The van der Waals surface area contributed by atoms with Gasteiger partial charge in [-0.05, 0) is 38.3 Å². The smallest absolute Gasteiger partial charge is 0.276 e. The van der Waals surface area contributed by atoms with Crippen LogP contribution in [0.5, 0.6) is 0 Å². The van der Waals surface area contributed by atoms with Crippen LogP contribution in [0.3, 0.4) is 0 Å². The summed E-state index contributed by atoms with van der Waals surface area (Å²) < 4.78 is 1.67. The monoisotopic (exact) mass is 406 g/mol. The number of rotatable bonds is 5. The number of piperidine rings is 1. The molecule has 8 nitrogen and oxygen atoms in total. The van der Waals surface area contributed by atoms with Crippen molar-refractivity contribution < 1.29 is 9.59 Å². The molecule has 4 rings (SSSR count). The molecule has 2 aromatic heterocycles. The van der Waals surface area contributed by atoms with Crippen molar-refractivity contribution in [3.63, 3.8) is 0 Å². The number of nitrogens with zero attached hydrogens (tertiary/aromatic N) is 5. The van der Waals surface area contributed by atoms with Gasteiger partial charge >= 0.3 is 0 Å². The Hall–Kier alpha value is -3.29. The third kappa shape index (κ3) is 3.90. The molecule has 1 N–H and O–H groups in total. The zero-order valence-corrected chi connectivity index (χ0v) is 17.3. The average Bonchev–Trinajstić information content (AvgIpc) is 3.14. The van der Waals surface area contributed by atoms with Crippen LogP contribution in [0.2, 0.25) is 0 Å². The number of nitrogens with one attached hydrogen (secondary N) is 1. The zero-order valence-electron chi connectivity index (χ0n) is 17.3. The summed E-state index contributed by atoms with van der Waals surface area (Å²) in [5, 5.41) is 12.5. The van der Waals surface area contributed by atoms with Crippen molar-refractivity contribution in [3.05, 3.63) is 47.9 Å². The van der Waals surface area contributed by atoms with Gasteiger partial charge in [-0.3, -0.25) is 14.6 Å². The molecule has 8 heteroatoms. The highest BCUT2D eigenvalue weighted by molar-refractivity contribution is 5.94. The minimum Gasteiger partial charge on any atom is -0.352 e. The van der Waals surface area contributed by atoms with E-state index in [1.807, 2.05) is 44.2 Å². The van der Waals surface area contributed by atoms with E-state index in [1.54, 1.807) is 15.8 Å². The molecular weight excluding hydrogens is 380 g/mol. The maximum atomic E-state index is 13.2. The molecule has 3 heterocycles. The number of aromatic nitrogens is 4. The molecule has 0 spiro atoms. The van der Waals surface area contributed by atoms with Gasteiger partial charge in [-0.2, -0.15) is 0 Å². The predicted molar refractivity (Wildman–Crippen MR) is 113 cm³/mol. The van der Waals surface area contributed by atoms with Gasteiger partial charge in [0.2, 0.25) is 5.91 Å². The number of amides is 2. The third-order valence-electron chi connectivity index (χ3n) is 5.49. The average molecular weight is 406 g/mol. The maximum Gasteiger partial charge on any atom is 0.276 e. The Morgan fingerprint density at radius 2 is 2.07 bits per heavy atom. The van der Waals surface area contributed by atoms with E-state index >= 15 is 0 Å². The van der Waals surface area contributed by atoms with E-state index in [1.165, 1.54) is 0 Å². The Morgan fingerprint density at radius 1 is 1.23 bits per heavy atom. The van der Waals surface area contributed by atoms with E-state index in [9.17, 15) is 9.59 Å². The number of hydrogen-bond acceptors (Lipinski definition) is 5. The summed E-state index contributed by atoms with van der Waals surface area (Å²) in [5.41, 5.74) is 2.61. The Labute approximate surface area is 175 Å². The van der Waals surface area contributed by atoms with Crippen LogP contribution in [0.15, 0.2) is 36.5 Å². The van der Waals surface area contributed by atoms with Crippen molar-refractivity contribution in [2.75, 3.05) is 13.1 Å². The summed E-state index contributed by atoms with van der Waals surface area (Å²) in [4.78, 5) is 31.3. The molecule has 0 radical (unpaired) electrons. The number of fused-ring (bicyclic) bond motifs is 1. The summed E-state index contributed by atoms with van der Waals surface area (Å²) >= 11 is 0. The van der Waals surface area contributed by atoms with Crippen LogP contribution in [0.1, 0.15) is 48.8 Å². The molecule has 156 valence electrons. The van der Waals surface area contributed by atoms with Gasteiger partial charge in [0, 0.05) is 37.1 Å². The molecule has 0 bridgehead atoms. The first-order chi connectivity index (χ1) is 14.6. The van der Waals surface area contributed by atoms with Gasteiger partial charge in [-0.25, -0.2) is 4.68 Å². The molecule has 30 heavy (non-hydrogen) atoms. The number of hydrogen-bond donors (Lipinski definition) is 1. The summed E-state index contributed by atoms with van der Waals surface area (Å²) in [7, 11) is 0.